The number of hydrogen-bond acceptors (Lipinski definition) is 1. The number of alkyl halides is 1. The van der Waals surface area contributed by atoms with Crippen molar-refractivity contribution in [1.29, 1.82) is 0 Å². The predicted octanol–water partition coefficient (Wildman–Crippen LogP) is 5.12. The van der Waals surface area contributed by atoms with E-state index in [4.69, 9.17) is 23.2 Å². The maximum Gasteiger partial charge on any atom is 0.0931 e. The third-order valence-electron chi connectivity index (χ3n) is 2.33. The van der Waals surface area contributed by atoms with Crippen LogP contribution in [0.25, 0.3) is 0 Å². The molecule has 74 valence electrons. The molecule has 1 unspecified atom stereocenters. The molecule has 0 N–H and O–H groups in total. The molecule has 0 fully saturated rings. The van der Waals surface area contributed by atoms with Crippen molar-refractivity contribution in [3.63, 3.8) is 0 Å². The summed E-state index contributed by atoms with van der Waals surface area (Å²) in [5.74, 6) is 0.566. The lowest BCUT2D eigenvalue weighted by molar-refractivity contribution is 0.479. The van der Waals surface area contributed by atoms with Crippen molar-refractivity contribution in [3.8, 4) is 0 Å². The number of thiophene rings is 1. The van der Waals surface area contributed by atoms with E-state index in [1.807, 2.05) is 12.1 Å². The Kier molecular flexibility index (Phi) is 4.57. The summed E-state index contributed by atoms with van der Waals surface area (Å²) in [6.07, 6.45) is 2.25. The molecule has 13 heavy (non-hydrogen) atoms. The number of halogens is 2. The molecule has 0 radical (unpaired) electrons. The standard InChI is InChI=1S/C10H14Cl2S/c1-3-7(4-2)10(12)8-5-6-9(11)13-8/h5-7,10H,3-4H2,1-2H3. The fourth-order valence-corrected chi connectivity index (χ4v) is 3.11. The van der Waals surface area contributed by atoms with E-state index in [9.17, 15) is 0 Å². The molecular formula is C10H14Cl2S. The maximum atomic E-state index is 6.34. The molecule has 0 aliphatic carbocycles. The van der Waals surface area contributed by atoms with Crippen molar-refractivity contribution in [2.24, 2.45) is 5.92 Å². The average molecular weight is 237 g/mol. The second-order valence-electron chi connectivity index (χ2n) is 3.12. The Bertz CT molecular complexity index is 253. The smallest absolute Gasteiger partial charge is 0.0931 e. The normalized spacial score (nSPS) is 13.6. The van der Waals surface area contributed by atoms with Gasteiger partial charge in [-0.1, -0.05) is 38.3 Å². The molecule has 1 rings (SSSR count). The monoisotopic (exact) mass is 236 g/mol. The SMILES string of the molecule is CCC(CC)C(Cl)c1ccc(Cl)s1. The summed E-state index contributed by atoms with van der Waals surface area (Å²) in [5.41, 5.74) is 0. The van der Waals surface area contributed by atoms with Crippen molar-refractivity contribution >= 4 is 34.5 Å². The van der Waals surface area contributed by atoms with E-state index in [0.717, 1.165) is 17.2 Å². The molecule has 0 nitrogen and oxygen atoms in total. The lowest BCUT2D eigenvalue weighted by atomic mass is 9.98. The van der Waals surface area contributed by atoms with Gasteiger partial charge in [-0.25, -0.2) is 0 Å². The molecule has 0 amide bonds. The molecule has 1 aromatic heterocycles. The number of hydrogen-bond donors (Lipinski definition) is 0. The van der Waals surface area contributed by atoms with Crippen LogP contribution in [-0.2, 0) is 0 Å². The Labute approximate surface area is 93.9 Å². The van der Waals surface area contributed by atoms with Crippen molar-refractivity contribution in [2.45, 2.75) is 32.1 Å². The van der Waals surface area contributed by atoms with Gasteiger partial charge in [-0.05, 0) is 18.1 Å². The first-order valence-electron chi connectivity index (χ1n) is 4.58. The van der Waals surface area contributed by atoms with E-state index in [0.29, 0.717) is 5.92 Å². The van der Waals surface area contributed by atoms with Gasteiger partial charge in [0.05, 0.1) is 9.71 Å². The van der Waals surface area contributed by atoms with Crippen LogP contribution < -0.4 is 0 Å². The van der Waals surface area contributed by atoms with Crippen LogP contribution in [0.2, 0.25) is 4.34 Å². The van der Waals surface area contributed by atoms with Gasteiger partial charge in [-0.2, -0.15) is 0 Å². The molecule has 0 spiro atoms. The lowest BCUT2D eigenvalue weighted by Crippen LogP contribution is -2.03. The van der Waals surface area contributed by atoms with Gasteiger partial charge in [0.25, 0.3) is 0 Å². The highest BCUT2D eigenvalue weighted by Crippen LogP contribution is 2.38. The van der Waals surface area contributed by atoms with Crippen molar-refractivity contribution in [1.82, 2.24) is 0 Å². The third kappa shape index (κ3) is 2.87. The molecule has 3 heteroatoms. The summed E-state index contributed by atoms with van der Waals surface area (Å²) >= 11 is 13.8. The van der Waals surface area contributed by atoms with Crippen LogP contribution in [0, 0.1) is 5.92 Å². The van der Waals surface area contributed by atoms with Crippen LogP contribution in [0.4, 0.5) is 0 Å². The molecule has 1 atom stereocenters. The Morgan fingerprint density at radius 1 is 1.31 bits per heavy atom. The minimum Gasteiger partial charge on any atom is -0.127 e. The highest BCUT2D eigenvalue weighted by atomic mass is 35.5. The van der Waals surface area contributed by atoms with E-state index >= 15 is 0 Å². The molecule has 0 aromatic carbocycles. The summed E-state index contributed by atoms with van der Waals surface area (Å²) < 4.78 is 0.826. The molecule has 0 bridgehead atoms. The molecule has 0 aliphatic rings. The van der Waals surface area contributed by atoms with E-state index in [1.54, 1.807) is 11.3 Å². The van der Waals surface area contributed by atoms with Gasteiger partial charge in [0, 0.05) is 4.88 Å². The fraction of sp³-hybridized carbons (Fsp3) is 0.600. The molecule has 1 aromatic rings. The van der Waals surface area contributed by atoms with E-state index in [1.165, 1.54) is 4.88 Å². The summed E-state index contributed by atoms with van der Waals surface area (Å²) in [6, 6.07) is 3.95. The van der Waals surface area contributed by atoms with Gasteiger partial charge in [-0.3, -0.25) is 0 Å². The predicted molar refractivity (Wildman–Crippen MR) is 62.0 cm³/mol. The van der Waals surface area contributed by atoms with Crippen molar-refractivity contribution in [2.75, 3.05) is 0 Å². The van der Waals surface area contributed by atoms with Gasteiger partial charge in [0.2, 0.25) is 0 Å². The molecule has 0 aliphatic heterocycles. The van der Waals surface area contributed by atoms with Crippen LogP contribution in [0.1, 0.15) is 36.9 Å². The first-order chi connectivity index (χ1) is 6.19. The summed E-state index contributed by atoms with van der Waals surface area (Å²) in [6.45, 7) is 4.36. The first-order valence-corrected chi connectivity index (χ1v) is 6.21. The van der Waals surface area contributed by atoms with E-state index in [2.05, 4.69) is 13.8 Å². The van der Waals surface area contributed by atoms with Crippen LogP contribution in [0.15, 0.2) is 12.1 Å². The second kappa shape index (κ2) is 5.23. The maximum absolute atomic E-state index is 6.34. The van der Waals surface area contributed by atoms with Crippen LogP contribution in [0.3, 0.4) is 0 Å². The quantitative estimate of drug-likeness (QED) is 0.637. The second-order valence-corrected chi connectivity index (χ2v) is 5.34. The zero-order valence-corrected chi connectivity index (χ0v) is 10.2. The van der Waals surface area contributed by atoms with Gasteiger partial charge in [-0.15, -0.1) is 22.9 Å². The van der Waals surface area contributed by atoms with Crippen LogP contribution in [-0.4, -0.2) is 0 Å². The largest absolute Gasteiger partial charge is 0.127 e. The molecule has 0 saturated carbocycles. The van der Waals surface area contributed by atoms with Gasteiger partial charge < -0.3 is 0 Å². The molecular weight excluding hydrogens is 223 g/mol. The third-order valence-corrected chi connectivity index (χ3v) is 4.36. The zero-order chi connectivity index (χ0) is 9.84. The summed E-state index contributed by atoms with van der Waals surface area (Å²) in [4.78, 5) is 1.19. The van der Waals surface area contributed by atoms with Crippen LogP contribution in [0.5, 0.6) is 0 Å². The highest BCUT2D eigenvalue weighted by Gasteiger charge is 2.18. The Balaban J connectivity index is 2.71. The van der Waals surface area contributed by atoms with Crippen LogP contribution >= 0.6 is 34.5 Å². The van der Waals surface area contributed by atoms with Gasteiger partial charge in [0.15, 0.2) is 0 Å². The van der Waals surface area contributed by atoms with Crippen molar-refractivity contribution < 1.29 is 0 Å². The fourth-order valence-electron chi connectivity index (χ4n) is 1.41. The van der Waals surface area contributed by atoms with Gasteiger partial charge in [0.1, 0.15) is 0 Å². The Hall–Kier alpha value is 0.280. The van der Waals surface area contributed by atoms with Crippen molar-refractivity contribution in [3.05, 3.63) is 21.3 Å². The van der Waals surface area contributed by atoms with Gasteiger partial charge >= 0.3 is 0 Å². The van der Waals surface area contributed by atoms with E-state index < -0.39 is 0 Å². The highest BCUT2D eigenvalue weighted by molar-refractivity contribution is 7.16. The summed E-state index contributed by atoms with van der Waals surface area (Å²) in [5, 5.41) is 0.132. The zero-order valence-electron chi connectivity index (χ0n) is 7.89. The van der Waals surface area contributed by atoms with E-state index in [-0.39, 0.29) is 5.38 Å². The number of rotatable bonds is 4. The topological polar surface area (TPSA) is 0 Å². The Morgan fingerprint density at radius 2 is 1.92 bits per heavy atom. The first kappa shape index (κ1) is 11.4. The molecule has 0 saturated heterocycles. The lowest BCUT2D eigenvalue weighted by Gasteiger charge is -2.17. The minimum absolute atomic E-state index is 0.132. The Morgan fingerprint density at radius 3 is 2.31 bits per heavy atom. The minimum atomic E-state index is 0.132. The summed E-state index contributed by atoms with van der Waals surface area (Å²) in [7, 11) is 0. The average Bonchev–Trinajstić information content (AvgIpc) is 2.54. The molecule has 1 heterocycles.